The van der Waals surface area contributed by atoms with Crippen molar-refractivity contribution in [2.45, 2.75) is 11.8 Å². The molecule has 0 radical (unpaired) electrons. The van der Waals surface area contributed by atoms with E-state index >= 15 is 0 Å². The molecule has 0 aliphatic rings. The number of carbonyl (C=O) groups excluding carboxylic acids is 1. The number of nitrogens with one attached hydrogen (secondary N) is 1. The van der Waals surface area contributed by atoms with Gasteiger partial charge in [-0.25, -0.2) is 13.2 Å². The van der Waals surface area contributed by atoms with Gasteiger partial charge in [-0.15, -0.1) is 11.3 Å². The van der Waals surface area contributed by atoms with Crippen LogP contribution in [0.4, 0.5) is 5.69 Å². The van der Waals surface area contributed by atoms with Crippen LogP contribution in [0.25, 0.3) is 0 Å². The number of anilines is 1. The molecule has 0 bridgehead atoms. The van der Waals surface area contributed by atoms with Crippen molar-refractivity contribution in [2.24, 2.45) is 0 Å². The molecule has 25 heavy (non-hydrogen) atoms. The number of hydrogen-bond donors (Lipinski definition) is 1. The first-order valence-electron chi connectivity index (χ1n) is 7.03. The molecule has 0 aliphatic carbocycles. The van der Waals surface area contributed by atoms with Crippen LogP contribution in [-0.2, 0) is 14.8 Å². The zero-order valence-corrected chi connectivity index (χ0v) is 16.0. The van der Waals surface area contributed by atoms with Crippen LogP contribution < -0.4 is 14.2 Å². The molecular weight excluding hydrogens is 390 g/mol. The molecule has 1 aromatic heterocycles. The molecule has 0 atom stereocenters. The molecule has 10 heteroatoms. The Morgan fingerprint density at radius 1 is 1.24 bits per heavy atom. The van der Waals surface area contributed by atoms with Crippen LogP contribution in [0.5, 0.6) is 11.5 Å². The zero-order valence-electron chi connectivity index (χ0n) is 13.7. The van der Waals surface area contributed by atoms with Gasteiger partial charge in [-0.1, -0.05) is 11.6 Å². The maximum atomic E-state index is 12.6. The van der Waals surface area contributed by atoms with Crippen molar-refractivity contribution in [3.8, 4) is 11.5 Å². The standard InChI is InChI=1S/C15H16ClNO6S2/c1-4-23-10-6-5-9(7-11(10)21-2)17-25(19,20)12-8-13(16)24-14(12)15(18)22-3/h5-8,17H,4H2,1-3H3. The van der Waals surface area contributed by atoms with Crippen LogP contribution in [0, 0.1) is 0 Å². The minimum atomic E-state index is -4.05. The average Bonchev–Trinajstić information content (AvgIpc) is 2.98. The first kappa shape index (κ1) is 19.4. The largest absolute Gasteiger partial charge is 0.493 e. The zero-order chi connectivity index (χ0) is 18.6. The van der Waals surface area contributed by atoms with E-state index in [4.69, 9.17) is 21.1 Å². The van der Waals surface area contributed by atoms with E-state index in [0.29, 0.717) is 18.1 Å². The summed E-state index contributed by atoms with van der Waals surface area (Å²) in [5.74, 6) is 0.0851. The molecule has 0 fully saturated rings. The first-order valence-corrected chi connectivity index (χ1v) is 9.71. The molecule has 2 rings (SSSR count). The van der Waals surface area contributed by atoms with Crippen LogP contribution in [0.2, 0.25) is 4.34 Å². The summed E-state index contributed by atoms with van der Waals surface area (Å²) in [5.41, 5.74) is 0.249. The van der Waals surface area contributed by atoms with Crippen LogP contribution in [-0.4, -0.2) is 35.2 Å². The highest BCUT2D eigenvalue weighted by Crippen LogP contribution is 2.34. The number of rotatable bonds is 7. The Kier molecular flexibility index (Phi) is 6.15. The van der Waals surface area contributed by atoms with Crippen molar-refractivity contribution in [3.63, 3.8) is 0 Å². The molecule has 7 nitrogen and oxygen atoms in total. The number of esters is 1. The number of hydrogen-bond acceptors (Lipinski definition) is 7. The summed E-state index contributed by atoms with van der Waals surface area (Å²) in [6.45, 7) is 2.27. The third-order valence-electron chi connectivity index (χ3n) is 3.04. The van der Waals surface area contributed by atoms with E-state index < -0.39 is 16.0 Å². The van der Waals surface area contributed by atoms with Crippen molar-refractivity contribution in [1.29, 1.82) is 0 Å². The van der Waals surface area contributed by atoms with Crippen molar-refractivity contribution >= 4 is 44.6 Å². The van der Waals surface area contributed by atoms with Gasteiger partial charge in [0.25, 0.3) is 10.0 Å². The monoisotopic (exact) mass is 405 g/mol. The number of methoxy groups -OCH3 is 2. The van der Waals surface area contributed by atoms with E-state index in [-0.39, 0.29) is 19.8 Å². The van der Waals surface area contributed by atoms with E-state index in [1.54, 1.807) is 6.07 Å². The molecule has 1 aromatic carbocycles. The molecule has 0 saturated heterocycles. The summed E-state index contributed by atoms with van der Waals surface area (Å²) in [4.78, 5) is 11.4. The van der Waals surface area contributed by atoms with Gasteiger partial charge in [-0.2, -0.15) is 0 Å². The Morgan fingerprint density at radius 3 is 2.56 bits per heavy atom. The highest BCUT2D eigenvalue weighted by atomic mass is 35.5. The summed E-state index contributed by atoms with van der Waals surface area (Å²) < 4.78 is 43.0. The lowest BCUT2D eigenvalue weighted by Crippen LogP contribution is -2.15. The number of sulfonamides is 1. The third kappa shape index (κ3) is 4.36. The molecular formula is C15H16ClNO6S2. The smallest absolute Gasteiger partial charge is 0.349 e. The van der Waals surface area contributed by atoms with Gasteiger partial charge in [0.2, 0.25) is 0 Å². The molecule has 0 unspecified atom stereocenters. The average molecular weight is 406 g/mol. The molecule has 0 aliphatic heterocycles. The van der Waals surface area contributed by atoms with Gasteiger partial charge >= 0.3 is 5.97 Å². The van der Waals surface area contributed by atoms with Crippen LogP contribution in [0.15, 0.2) is 29.2 Å². The van der Waals surface area contributed by atoms with Gasteiger partial charge in [-0.3, -0.25) is 4.72 Å². The second-order valence-corrected chi connectivity index (χ2v) is 7.97. The van der Waals surface area contributed by atoms with Gasteiger partial charge in [0.1, 0.15) is 9.77 Å². The number of benzene rings is 1. The quantitative estimate of drug-likeness (QED) is 0.710. The molecule has 0 spiro atoms. The normalized spacial score (nSPS) is 11.0. The summed E-state index contributed by atoms with van der Waals surface area (Å²) >= 11 is 6.69. The van der Waals surface area contributed by atoms with E-state index in [1.165, 1.54) is 25.3 Å². The number of carbonyl (C=O) groups is 1. The molecule has 136 valence electrons. The van der Waals surface area contributed by atoms with Crippen LogP contribution in [0.3, 0.4) is 0 Å². The summed E-state index contributed by atoms with van der Waals surface area (Å²) in [7, 11) is -1.44. The Balaban J connectivity index is 2.38. The van der Waals surface area contributed by atoms with E-state index in [9.17, 15) is 13.2 Å². The molecule has 1 heterocycles. The van der Waals surface area contributed by atoms with Gasteiger partial charge < -0.3 is 14.2 Å². The topological polar surface area (TPSA) is 90.9 Å². The lowest BCUT2D eigenvalue weighted by Gasteiger charge is -2.12. The third-order valence-corrected chi connectivity index (χ3v) is 5.82. The van der Waals surface area contributed by atoms with Crippen LogP contribution in [0.1, 0.15) is 16.6 Å². The van der Waals surface area contributed by atoms with E-state index in [1.807, 2.05) is 6.92 Å². The number of thiophene rings is 1. The van der Waals surface area contributed by atoms with Crippen molar-refractivity contribution < 1.29 is 27.4 Å². The van der Waals surface area contributed by atoms with Crippen molar-refractivity contribution in [3.05, 3.63) is 33.5 Å². The predicted molar refractivity (Wildman–Crippen MR) is 95.6 cm³/mol. The summed E-state index contributed by atoms with van der Waals surface area (Å²) in [6, 6.07) is 5.79. The Labute approximate surface area is 154 Å². The summed E-state index contributed by atoms with van der Waals surface area (Å²) in [5, 5.41) is 0. The van der Waals surface area contributed by atoms with Crippen LogP contribution >= 0.6 is 22.9 Å². The highest BCUT2D eigenvalue weighted by molar-refractivity contribution is 7.93. The fourth-order valence-electron chi connectivity index (χ4n) is 2.00. The van der Waals surface area contributed by atoms with Crippen molar-refractivity contribution in [2.75, 3.05) is 25.5 Å². The second kappa shape index (κ2) is 7.94. The van der Waals surface area contributed by atoms with Gasteiger partial charge in [0, 0.05) is 6.07 Å². The van der Waals surface area contributed by atoms with Crippen molar-refractivity contribution in [1.82, 2.24) is 0 Å². The minimum absolute atomic E-state index is 0.0992. The Bertz CT molecular complexity index is 878. The highest BCUT2D eigenvalue weighted by Gasteiger charge is 2.27. The lowest BCUT2D eigenvalue weighted by molar-refractivity contribution is 0.0602. The van der Waals surface area contributed by atoms with E-state index in [0.717, 1.165) is 18.4 Å². The van der Waals surface area contributed by atoms with E-state index in [2.05, 4.69) is 9.46 Å². The second-order valence-electron chi connectivity index (χ2n) is 4.64. The van der Waals surface area contributed by atoms with Gasteiger partial charge in [-0.05, 0) is 25.1 Å². The fourth-order valence-corrected chi connectivity index (χ4v) is 4.78. The maximum Gasteiger partial charge on any atom is 0.349 e. The Morgan fingerprint density at radius 2 is 1.96 bits per heavy atom. The molecule has 1 N–H and O–H groups in total. The summed E-state index contributed by atoms with van der Waals surface area (Å²) in [6.07, 6.45) is 0. The molecule has 0 amide bonds. The number of halogens is 1. The molecule has 2 aromatic rings. The minimum Gasteiger partial charge on any atom is -0.493 e. The SMILES string of the molecule is CCOc1ccc(NS(=O)(=O)c2cc(Cl)sc2C(=O)OC)cc1OC. The first-order chi connectivity index (χ1) is 11.8. The number of ether oxygens (including phenoxy) is 3. The lowest BCUT2D eigenvalue weighted by atomic mass is 10.3. The maximum absolute atomic E-state index is 12.6. The molecule has 0 saturated carbocycles. The predicted octanol–water partition coefficient (Wildman–Crippen LogP) is 3.40. The van der Waals surface area contributed by atoms with Gasteiger partial charge in [0.15, 0.2) is 11.5 Å². The Hall–Kier alpha value is -1.97. The fraction of sp³-hybridized carbons (Fsp3) is 0.267. The van der Waals surface area contributed by atoms with Gasteiger partial charge in [0.05, 0.1) is 30.9 Å².